The van der Waals surface area contributed by atoms with E-state index in [9.17, 15) is 31.9 Å². The van der Waals surface area contributed by atoms with E-state index in [4.69, 9.17) is 39.5 Å². The van der Waals surface area contributed by atoms with Crippen molar-refractivity contribution in [1.82, 2.24) is 24.6 Å². The number of nitrogens with zero attached hydrogens (tertiary/aromatic N) is 4. The van der Waals surface area contributed by atoms with Gasteiger partial charge in [-0.1, -0.05) is 46.9 Å². The summed E-state index contributed by atoms with van der Waals surface area (Å²) >= 11 is 19.4. The molecule has 0 unspecified atom stereocenters. The minimum Gasteiger partial charge on any atom is -0.497 e. The first-order valence-corrected chi connectivity index (χ1v) is 18.1. The highest BCUT2D eigenvalue weighted by atomic mass is 35.5. The molecule has 0 bridgehead atoms. The Bertz CT molecular complexity index is 2530. The number of aromatic nitrogens is 4. The number of carboxylic acid groups (broad SMARTS) is 1. The highest BCUT2D eigenvalue weighted by molar-refractivity contribution is 7.92. The monoisotopic (exact) mass is 790 g/mol. The number of halogens is 5. The molecule has 0 saturated carbocycles. The summed E-state index contributed by atoms with van der Waals surface area (Å²) in [6.45, 7) is 0. The van der Waals surface area contributed by atoms with Crippen molar-refractivity contribution in [1.29, 1.82) is 0 Å². The lowest BCUT2D eigenvalue weighted by atomic mass is 10.0. The zero-order valence-electron chi connectivity index (χ0n) is 27.1. The van der Waals surface area contributed by atoms with Gasteiger partial charge in [-0.2, -0.15) is 5.10 Å². The van der Waals surface area contributed by atoms with Crippen LogP contribution in [0.5, 0.6) is 5.75 Å². The predicted molar refractivity (Wildman–Crippen MR) is 195 cm³/mol. The molecule has 2 heterocycles. The van der Waals surface area contributed by atoms with Crippen molar-refractivity contribution >= 4 is 78.5 Å². The van der Waals surface area contributed by atoms with Crippen molar-refractivity contribution in [3.05, 3.63) is 121 Å². The molecule has 1 atom stereocenters. The summed E-state index contributed by atoms with van der Waals surface area (Å²) < 4.78 is 65.1. The lowest BCUT2D eigenvalue weighted by Crippen LogP contribution is -2.35. The van der Waals surface area contributed by atoms with E-state index < -0.39 is 39.4 Å². The standard InChI is InChI=1S/C34H27Cl3F2N6O6S/c1-44-30-27(8-7-23(36)29(30)31(42-44)43-52(49,50)10-9-17-3-5-22(51-2)6-4-17)45-32(40-25-15-19(35)14-24(37)28(25)33(45)46)26(41-34(47)48)13-18-11-20(38)16-21(39)12-18/h3-8,11-12,14-16,26,41H,9-10,13H2,1-2H3,(H,42,43)(H,47,48)/t26-/m0/s1. The Kier molecular flexibility index (Phi) is 10.3. The minimum absolute atomic E-state index is 0.0110. The van der Waals surface area contributed by atoms with Gasteiger partial charge in [-0.3, -0.25) is 18.8 Å². The molecule has 0 saturated heterocycles. The first kappa shape index (κ1) is 36.8. The zero-order valence-corrected chi connectivity index (χ0v) is 30.2. The first-order valence-electron chi connectivity index (χ1n) is 15.3. The number of hydrogen-bond donors (Lipinski definition) is 3. The molecule has 4 aromatic carbocycles. The van der Waals surface area contributed by atoms with Gasteiger partial charge in [-0.05, 0) is 66.1 Å². The first-order chi connectivity index (χ1) is 24.6. The van der Waals surface area contributed by atoms with Crippen LogP contribution < -0.4 is 20.3 Å². The van der Waals surface area contributed by atoms with E-state index in [2.05, 4.69) is 20.1 Å². The van der Waals surface area contributed by atoms with Gasteiger partial charge in [0, 0.05) is 24.6 Å². The van der Waals surface area contributed by atoms with Crippen molar-refractivity contribution in [2.45, 2.75) is 18.9 Å². The fraction of sp³-hybridized carbons (Fsp3) is 0.176. The number of hydrogen-bond acceptors (Lipinski definition) is 7. The summed E-state index contributed by atoms with van der Waals surface area (Å²) in [5.41, 5.74) is 0.252. The Morgan fingerprint density at radius 2 is 1.65 bits per heavy atom. The van der Waals surface area contributed by atoms with Crippen LogP contribution in [0.15, 0.2) is 71.5 Å². The van der Waals surface area contributed by atoms with Crippen LogP contribution in [0.3, 0.4) is 0 Å². The summed E-state index contributed by atoms with van der Waals surface area (Å²) in [5, 5.41) is 16.7. The van der Waals surface area contributed by atoms with Gasteiger partial charge in [-0.25, -0.2) is 27.0 Å². The Balaban J connectivity index is 1.52. The van der Waals surface area contributed by atoms with Crippen LogP contribution in [0.1, 0.15) is 23.0 Å². The van der Waals surface area contributed by atoms with E-state index in [1.807, 2.05) is 0 Å². The molecule has 3 N–H and O–H groups in total. The normalized spacial score (nSPS) is 12.3. The second kappa shape index (κ2) is 14.6. The van der Waals surface area contributed by atoms with Crippen LogP contribution in [-0.4, -0.2) is 51.8 Å². The molecular formula is C34H27Cl3F2N6O6S. The van der Waals surface area contributed by atoms with Gasteiger partial charge in [-0.15, -0.1) is 0 Å². The summed E-state index contributed by atoms with van der Waals surface area (Å²) in [4.78, 5) is 31.2. The topological polar surface area (TPSA) is 157 Å². The van der Waals surface area contributed by atoms with Crippen molar-refractivity contribution < 1.29 is 31.8 Å². The van der Waals surface area contributed by atoms with Crippen molar-refractivity contribution in [2.24, 2.45) is 7.05 Å². The van der Waals surface area contributed by atoms with Crippen LogP contribution in [0, 0.1) is 11.6 Å². The number of anilines is 1. The minimum atomic E-state index is -4.01. The second-order valence-corrected chi connectivity index (χ2v) is 14.8. The molecule has 12 nitrogen and oxygen atoms in total. The van der Waals surface area contributed by atoms with Gasteiger partial charge in [0.1, 0.15) is 23.2 Å². The second-order valence-electron chi connectivity index (χ2n) is 11.7. The van der Waals surface area contributed by atoms with Gasteiger partial charge in [0.15, 0.2) is 5.82 Å². The van der Waals surface area contributed by atoms with Gasteiger partial charge < -0.3 is 15.2 Å². The number of fused-ring (bicyclic) bond motifs is 2. The number of sulfonamides is 1. The van der Waals surface area contributed by atoms with Gasteiger partial charge >= 0.3 is 6.09 Å². The van der Waals surface area contributed by atoms with E-state index >= 15 is 0 Å². The number of aryl methyl sites for hydroxylation is 2. The third-order valence-electron chi connectivity index (χ3n) is 8.11. The van der Waals surface area contributed by atoms with Crippen LogP contribution in [0.2, 0.25) is 15.1 Å². The van der Waals surface area contributed by atoms with E-state index in [0.29, 0.717) is 11.8 Å². The highest BCUT2D eigenvalue weighted by Crippen LogP contribution is 2.36. The lowest BCUT2D eigenvalue weighted by molar-refractivity contribution is 0.189. The van der Waals surface area contributed by atoms with Crippen molar-refractivity contribution in [3.8, 4) is 11.4 Å². The number of rotatable bonds is 11. The van der Waals surface area contributed by atoms with Crippen LogP contribution in [0.4, 0.5) is 19.4 Å². The molecule has 2 aromatic heterocycles. The number of amides is 1. The summed E-state index contributed by atoms with van der Waals surface area (Å²) in [5.74, 6) is -1.84. The predicted octanol–water partition coefficient (Wildman–Crippen LogP) is 7.06. The quantitative estimate of drug-likeness (QED) is 0.126. The Hall–Kier alpha value is -4.96. The number of ether oxygens (including phenoxy) is 1. The maximum atomic E-state index is 14.5. The van der Waals surface area contributed by atoms with E-state index in [1.165, 1.54) is 43.1 Å². The van der Waals surface area contributed by atoms with Crippen molar-refractivity contribution in [2.75, 3.05) is 17.6 Å². The Morgan fingerprint density at radius 1 is 0.962 bits per heavy atom. The van der Waals surface area contributed by atoms with E-state index in [0.717, 1.165) is 22.3 Å². The molecule has 6 rings (SSSR count). The number of carbonyl (C=O) groups is 1. The third kappa shape index (κ3) is 7.62. The van der Waals surface area contributed by atoms with Crippen LogP contribution in [-0.2, 0) is 29.9 Å². The van der Waals surface area contributed by atoms with E-state index in [1.54, 1.807) is 24.3 Å². The molecule has 0 aliphatic carbocycles. The molecule has 0 fully saturated rings. The molecular weight excluding hydrogens is 765 g/mol. The average molecular weight is 792 g/mol. The van der Waals surface area contributed by atoms with Gasteiger partial charge in [0.05, 0.1) is 56.4 Å². The molecule has 52 heavy (non-hydrogen) atoms. The number of nitrogens with one attached hydrogen (secondary N) is 2. The van der Waals surface area contributed by atoms with Gasteiger partial charge in [0.2, 0.25) is 10.0 Å². The fourth-order valence-electron chi connectivity index (χ4n) is 5.89. The number of benzene rings is 4. The van der Waals surface area contributed by atoms with Gasteiger partial charge in [0.25, 0.3) is 5.56 Å². The summed E-state index contributed by atoms with van der Waals surface area (Å²) in [6.07, 6.45) is -1.71. The smallest absolute Gasteiger partial charge is 0.405 e. The van der Waals surface area contributed by atoms with Crippen LogP contribution in [0.25, 0.3) is 27.5 Å². The molecule has 0 spiro atoms. The Labute approximate surface area is 309 Å². The molecule has 0 radical (unpaired) electrons. The molecule has 6 aromatic rings. The largest absolute Gasteiger partial charge is 0.497 e. The van der Waals surface area contributed by atoms with E-state index in [-0.39, 0.29) is 78.4 Å². The maximum Gasteiger partial charge on any atom is 0.405 e. The fourth-order valence-corrected chi connectivity index (χ4v) is 7.74. The molecule has 1 amide bonds. The highest BCUT2D eigenvalue weighted by Gasteiger charge is 2.28. The van der Waals surface area contributed by atoms with Crippen LogP contribution >= 0.6 is 34.8 Å². The SMILES string of the molecule is COc1ccc(CCS(=O)(=O)Nc2nn(C)c3c(-n4c([C@H](Cc5cc(F)cc(F)c5)NC(=O)O)nc5cc(Cl)cc(Cl)c5c4=O)ccc(Cl)c23)cc1. The summed E-state index contributed by atoms with van der Waals surface area (Å²) in [6, 6.07) is 13.8. The molecule has 0 aliphatic rings. The summed E-state index contributed by atoms with van der Waals surface area (Å²) in [7, 11) is -0.991. The Morgan fingerprint density at radius 3 is 2.31 bits per heavy atom. The molecule has 270 valence electrons. The molecule has 0 aliphatic heterocycles. The number of methoxy groups -OCH3 is 1. The van der Waals surface area contributed by atoms with Crippen molar-refractivity contribution in [3.63, 3.8) is 0 Å². The third-order valence-corrected chi connectivity index (χ3v) is 10.2. The maximum absolute atomic E-state index is 14.5. The lowest BCUT2D eigenvalue weighted by Gasteiger charge is -2.23. The zero-order chi connectivity index (χ0) is 37.5. The average Bonchev–Trinajstić information content (AvgIpc) is 3.38. The molecule has 18 heteroatoms.